The van der Waals surface area contributed by atoms with Crippen LogP contribution in [-0.4, -0.2) is 27.1 Å². The van der Waals surface area contributed by atoms with Crippen molar-refractivity contribution in [3.05, 3.63) is 148 Å². The summed E-state index contributed by atoms with van der Waals surface area (Å²) in [5.74, 6) is 1.60. The SMILES string of the molecule is Cc1ccc2c(c1)c1cc3c([c-]c1n2-c1cc(C(C)(C)C)ccn1)N(c1[c-]c(C2=N[C@@H]4CCCC[C@]4(C)O2)cc(-c2c(C)cccc2C)c1)c1ccccc1C3(C)C.[Pt+2]. The zero-order valence-corrected chi connectivity index (χ0v) is 37.9. The van der Waals surface area contributed by atoms with Crippen molar-refractivity contribution < 1.29 is 25.8 Å². The summed E-state index contributed by atoms with van der Waals surface area (Å²) in [6, 6.07) is 41.8. The Kier molecular flexibility index (Phi) is 9.40. The number of anilines is 3. The number of aliphatic imine (C=N–C) groups is 1. The van der Waals surface area contributed by atoms with E-state index in [2.05, 4.69) is 175 Å². The number of fused-ring (bicyclic) bond motifs is 6. The Labute approximate surface area is 363 Å². The van der Waals surface area contributed by atoms with Crippen molar-refractivity contribution in [2.24, 2.45) is 4.99 Å². The standard InChI is InChI=1S/C53H52N4O.Pt/c1-32-20-21-43-39(25-32)40-30-42-46(31-45(40)57(43)48-29-37(22-24-54-48)51(4,5)6)56(44-18-11-10-17-41(44)52(42,7)8)38-27-35(49-33(2)15-14-16-34(49)3)26-36(28-38)50-55-47-19-12-13-23-53(47,9)58-50;/h10-11,14-18,20-22,24-27,29-30,47H,12-13,19,23H2,1-9H3;/q-2;+2/t47-,53+;/m1./s1. The molecule has 0 unspecified atom stereocenters. The molecule has 2 aromatic heterocycles. The number of pyridine rings is 1. The summed E-state index contributed by atoms with van der Waals surface area (Å²) in [6.45, 7) is 20.3. The number of benzene rings is 5. The van der Waals surface area contributed by atoms with Crippen molar-refractivity contribution in [2.75, 3.05) is 4.90 Å². The van der Waals surface area contributed by atoms with Crippen LogP contribution in [0.25, 0.3) is 38.8 Å². The number of hydrogen-bond donors (Lipinski definition) is 0. The molecule has 2 atom stereocenters. The molecule has 300 valence electrons. The van der Waals surface area contributed by atoms with Crippen LogP contribution < -0.4 is 4.90 Å². The van der Waals surface area contributed by atoms with Crippen molar-refractivity contribution in [2.45, 2.75) is 110 Å². The molecule has 10 rings (SSSR count). The minimum Gasteiger partial charge on any atom is -0.512 e. The quantitative estimate of drug-likeness (QED) is 0.165. The number of para-hydroxylation sites is 1. The van der Waals surface area contributed by atoms with Gasteiger partial charge in [-0.2, -0.15) is 6.07 Å². The third kappa shape index (κ3) is 6.30. The van der Waals surface area contributed by atoms with Gasteiger partial charge >= 0.3 is 21.1 Å². The zero-order chi connectivity index (χ0) is 40.3. The van der Waals surface area contributed by atoms with Crippen LogP contribution in [-0.2, 0) is 36.6 Å². The largest absolute Gasteiger partial charge is 2.00 e. The van der Waals surface area contributed by atoms with Crippen LogP contribution in [0.15, 0.2) is 102 Å². The van der Waals surface area contributed by atoms with Gasteiger partial charge in [0.25, 0.3) is 0 Å². The number of hydrogen-bond acceptors (Lipinski definition) is 4. The van der Waals surface area contributed by atoms with E-state index in [0.29, 0.717) is 5.90 Å². The van der Waals surface area contributed by atoms with Crippen LogP contribution in [0.1, 0.15) is 106 Å². The Balaban J connectivity index is 0.00000449. The third-order valence-corrected chi connectivity index (χ3v) is 13.3. The van der Waals surface area contributed by atoms with E-state index in [1.807, 2.05) is 6.20 Å². The maximum atomic E-state index is 6.89. The Hall–Kier alpha value is -4.99. The Morgan fingerprint density at radius 3 is 2.34 bits per heavy atom. The predicted molar refractivity (Wildman–Crippen MR) is 240 cm³/mol. The summed E-state index contributed by atoms with van der Waals surface area (Å²) in [4.78, 5) is 12.7. The first kappa shape index (κ1) is 39.5. The summed E-state index contributed by atoms with van der Waals surface area (Å²) < 4.78 is 9.20. The first-order chi connectivity index (χ1) is 27.7. The molecule has 0 spiro atoms. The topological polar surface area (TPSA) is 42.7 Å². The molecule has 1 aliphatic carbocycles. The molecule has 2 aliphatic heterocycles. The average molecular weight is 956 g/mol. The molecule has 6 heteroatoms. The third-order valence-electron chi connectivity index (χ3n) is 13.3. The molecule has 0 radical (unpaired) electrons. The van der Waals surface area contributed by atoms with Gasteiger partial charge in [0.15, 0.2) is 0 Å². The Morgan fingerprint density at radius 1 is 0.797 bits per heavy atom. The number of rotatable bonds is 4. The summed E-state index contributed by atoms with van der Waals surface area (Å²) in [5.41, 5.74) is 15.2. The molecular formula is C53H52N4OPt. The van der Waals surface area contributed by atoms with Gasteiger partial charge in [0.1, 0.15) is 17.3 Å². The fourth-order valence-electron chi connectivity index (χ4n) is 10.0. The second-order valence-electron chi connectivity index (χ2n) is 18.8. The van der Waals surface area contributed by atoms with E-state index in [0.717, 1.165) is 57.9 Å². The van der Waals surface area contributed by atoms with Gasteiger partial charge in [-0.25, -0.2) is 4.98 Å². The summed E-state index contributed by atoms with van der Waals surface area (Å²) >= 11 is 0. The molecule has 5 aromatic carbocycles. The van der Waals surface area contributed by atoms with Crippen LogP contribution >= 0.6 is 0 Å². The second kappa shape index (κ2) is 14.1. The molecular weight excluding hydrogens is 904 g/mol. The Bertz CT molecular complexity index is 2840. The van der Waals surface area contributed by atoms with Crippen LogP contribution in [0.2, 0.25) is 0 Å². The zero-order valence-electron chi connectivity index (χ0n) is 35.7. The minimum absolute atomic E-state index is 0. The van der Waals surface area contributed by atoms with E-state index >= 15 is 0 Å². The smallest absolute Gasteiger partial charge is 0.512 e. The molecule has 1 fully saturated rings. The van der Waals surface area contributed by atoms with E-state index in [9.17, 15) is 0 Å². The Morgan fingerprint density at radius 2 is 1.58 bits per heavy atom. The summed E-state index contributed by atoms with van der Waals surface area (Å²) in [6.07, 6.45) is 6.37. The summed E-state index contributed by atoms with van der Waals surface area (Å²) in [5, 5.41) is 2.38. The van der Waals surface area contributed by atoms with E-state index in [1.165, 1.54) is 62.6 Å². The van der Waals surface area contributed by atoms with E-state index in [-0.39, 0.29) is 43.5 Å². The van der Waals surface area contributed by atoms with E-state index in [4.69, 9.17) is 14.7 Å². The molecule has 0 saturated heterocycles. The number of nitrogens with zero attached hydrogens (tertiary/aromatic N) is 4. The molecule has 7 aromatic rings. The van der Waals surface area contributed by atoms with Crippen LogP contribution in [0, 0.1) is 32.9 Å². The molecule has 0 bridgehead atoms. The van der Waals surface area contributed by atoms with Crippen LogP contribution in [0.4, 0.5) is 17.1 Å². The summed E-state index contributed by atoms with van der Waals surface area (Å²) in [7, 11) is 0. The van der Waals surface area contributed by atoms with Gasteiger partial charge in [-0.05, 0) is 121 Å². The van der Waals surface area contributed by atoms with Crippen molar-refractivity contribution in [1.82, 2.24) is 9.55 Å². The molecule has 1 saturated carbocycles. The predicted octanol–water partition coefficient (Wildman–Crippen LogP) is 13.3. The normalized spacial score (nSPS) is 19.4. The van der Waals surface area contributed by atoms with Crippen molar-refractivity contribution in [3.63, 3.8) is 0 Å². The molecule has 0 N–H and O–H groups in total. The molecule has 4 heterocycles. The fraction of sp³-hybridized carbons (Fsp3) is 0.321. The van der Waals surface area contributed by atoms with Gasteiger partial charge in [-0.3, -0.25) is 4.99 Å². The fourth-order valence-corrected chi connectivity index (χ4v) is 10.0. The minimum atomic E-state index is -0.314. The molecule has 5 nitrogen and oxygen atoms in total. The van der Waals surface area contributed by atoms with Crippen molar-refractivity contribution >= 4 is 44.8 Å². The number of aromatic nitrogens is 2. The van der Waals surface area contributed by atoms with Gasteiger partial charge in [0.2, 0.25) is 0 Å². The van der Waals surface area contributed by atoms with Gasteiger partial charge in [0.05, 0.1) is 6.04 Å². The second-order valence-corrected chi connectivity index (χ2v) is 18.8. The van der Waals surface area contributed by atoms with Crippen LogP contribution in [0.3, 0.4) is 0 Å². The first-order valence-corrected chi connectivity index (χ1v) is 21.0. The molecule has 59 heavy (non-hydrogen) atoms. The first-order valence-electron chi connectivity index (χ1n) is 21.0. The van der Waals surface area contributed by atoms with E-state index in [1.54, 1.807) is 0 Å². The van der Waals surface area contributed by atoms with Gasteiger partial charge in [-0.15, -0.1) is 35.2 Å². The molecule has 0 amide bonds. The van der Waals surface area contributed by atoms with Crippen LogP contribution in [0.5, 0.6) is 0 Å². The van der Waals surface area contributed by atoms with E-state index < -0.39 is 0 Å². The van der Waals surface area contributed by atoms with Crippen molar-refractivity contribution in [1.29, 1.82) is 0 Å². The van der Waals surface area contributed by atoms with Gasteiger partial charge in [0, 0.05) is 17.4 Å². The van der Waals surface area contributed by atoms with Gasteiger partial charge in [-0.1, -0.05) is 117 Å². The monoisotopic (exact) mass is 955 g/mol. The average Bonchev–Trinajstić information content (AvgIpc) is 3.71. The van der Waals surface area contributed by atoms with Gasteiger partial charge < -0.3 is 14.2 Å². The maximum absolute atomic E-state index is 6.89. The number of aryl methyl sites for hydroxylation is 3. The van der Waals surface area contributed by atoms with Crippen molar-refractivity contribution in [3.8, 4) is 16.9 Å². The number of ether oxygens (including phenoxy) is 1. The molecule has 3 aliphatic rings. The maximum Gasteiger partial charge on any atom is 2.00 e.